The fourth-order valence-corrected chi connectivity index (χ4v) is 4.24. The Balaban J connectivity index is 1.44. The Kier molecular flexibility index (Phi) is 3.57. The highest BCUT2D eigenvalue weighted by molar-refractivity contribution is 6.02. The van der Waals surface area contributed by atoms with E-state index >= 15 is 0 Å². The van der Waals surface area contributed by atoms with Gasteiger partial charge in [-0.1, -0.05) is 48.0 Å². The molecule has 0 saturated carbocycles. The third-order valence-corrected chi connectivity index (χ3v) is 5.77. The van der Waals surface area contributed by atoms with E-state index in [2.05, 4.69) is 48.3 Å². The van der Waals surface area contributed by atoms with E-state index in [0.717, 1.165) is 40.5 Å². The largest absolute Gasteiger partial charge is 0.464 e. The van der Waals surface area contributed by atoms with E-state index in [1.165, 1.54) is 11.1 Å². The van der Waals surface area contributed by atoms with Crippen molar-refractivity contribution in [2.45, 2.75) is 25.6 Å². The van der Waals surface area contributed by atoms with Gasteiger partial charge in [0.25, 0.3) is 0 Å². The molecule has 3 aromatic carbocycles. The molecule has 3 aliphatic rings. The van der Waals surface area contributed by atoms with E-state index in [0.29, 0.717) is 0 Å². The summed E-state index contributed by atoms with van der Waals surface area (Å²) in [6.45, 7) is 2.36. The van der Waals surface area contributed by atoms with Gasteiger partial charge in [0.05, 0.1) is 11.8 Å². The maximum Gasteiger partial charge on any atom is 0.231 e. The van der Waals surface area contributed by atoms with Gasteiger partial charge < -0.3 is 14.2 Å². The molecular formula is C24H20N2O3. The van der Waals surface area contributed by atoms with Crippen LogP contribution in [-0.2, 0) is 0 Å². The smallest absolute Gasteiger partial charge is 0.231 e. The lowest BCUT2D eigenvalue weighted by molar-refractivity contribution is -0.0191. The van der Waals surface area contributed by atoms with Crippen LogP contribution in [-0.4, -0.2) is 17.5 Å². The molecule has 0 amide bonds. The third-order valence-electron chi connectivity index (χ3n) is 5.77. The summed E-state index contributed by atoms with van der Waals surface area (Å²) in [6, 6.07) is 22.9. The molecule has 0 aromatic heterocycles. The van der Waals surface area contributed by atoms with E-state index in [9.17, 15) is 0 Å². The zero-order chi connectivity index (χ0) is 19.4. The summed E-state index contributed by atoms with van der Waals surface area (Å²) < 4.78 is 17.5. The molecule has 3 aliphatic heterocycles. The van der Waals surface area contributed by atoms with Crippen molar-refractivity contribution in [3.8, 4) is 17.2 Å². The number of hydrazone groups is 1. The van der Waals surface area contributed by atoms with Crippen LogP contribution in [0.25, 0.3) is 0 Å². The van der Waals surface area contributed by atoms with Crippen LogP contribution in [0.1, 0.15) is 40.9 Å². The van der Waals surface area contributed by atoms with Crippen molar-refractivity contribution in [2.24, 2.45) is 5.10 Å². The van der Waals surface area contributed by atoms with Crippen LogP contribution in [0, 0.1) is 6.92 Å². The summed E-state index contributed by atoms with van der Waals surface area (Å²) in [4.78, 5) is 0. The highest BCUT2D eigenvalue weighted by Gasteiger charge is 2.41. The number of aryl methyl sites for hydroxylation is 1. The number of hydrogen-bond donors (Lipinski definition) is 0. The van der Waals surface area contributed by atoms with Gasteiger partial charge >= 0.3 is 0 Å². The maximum absolute atomic E-state index is 6.42. The van der Waals surface area contributed by atoms with Gasteiger partial charge in [0, 0.05) is 17.5 Å². The molecule has 0 bridgehead atoms. The van der Waals surface area contributed by atoms with Crippen LogP contribution in [0.2, 0.25) is 0 Å². The van der Waals surface area contributed by atoms with Gasteiger partial charge in [-0.05, 0) is 36.8 Å². The van der Waals surface area contributed by atoms with Gasteiger partial charge in [0.2, 0.25) is 13.0 Å². The van der Waals surface area contributed by atoms with E-state index in [1.54, 1.807) is 0 Å². The van der Waals surface area contributed by atoms with Gasteiger partial charge in [-0.25, -0.2) is 5.01 Å². The molecule has 3 aromatic rings. The molecule has 0 fully saturated rings. The number of fused-ring (bicyclic) bond motifs is 4. The van der Waals surface area contributed by atoms with E-state index in [-0.39, 0.29) is 19.1 Å². The normalized spacial score (nSPS) is 21.3. The van der Waals surface area contributed by atoms with Gasteiger partial charge in [0.1, 0.15) is 5.75 Å². The summed E-state index contributed by atoms with van der Waals surface area (Å²) in [5.41, 5.74) is 5.67. The fraction of sp³-hybridized carbons (Fsp3) is 0.208. The lowest BCUT2D eigenvalue weighted by Crippen LogP contribution is -2.33. The second kappa shape index (κ2) is 6.27. The van der Waals surface area contributed by atoms with Crippen LogP contribution in [0.15, 0.2) is 71.8 Å². The molecule has 3 heterocycles. The lowest BCUT2D eigenvalue weighted by Gasteiger charge is -2.38. The zero-order valence-electron chi connectivity index (χ0n) is 16.0. The summed E-state index contributed by atoms with van der Waals surface area (Å²) in [5.74, 6) is 2.44. The highest BCUT2D eigenvalue weighted by atomic mass is 16.7. The Labute approximate surface area is 169 Å². The van der Waals surface area contributed by atoms with Crippen LogP contribution in [0.3, 0.4) is 0 Å². The monoisotopic (exact) mass is 384 g/mol. The predicted molar refractivity (Wildman–Crippen MR) is 109 cm³/mol. The average Bonchev–Trinajstić information content (AvgIpc) is 3.40. The van der Waals surface area contributed by atoms with Gasteiger partial charge in [0.15, 0.2) is 11.5 Å². The fourth-order valence-electron chi connectivity index (χ4n) is 4.24. The minimum absolute atomic E-state index is 0.145. The van der Waals surface area contributed by atoms with Crippen LogP contribution in [0.4, 0.5) is 0 Å². The SMILES string of the molecule is Cc1ccc(C2=NN3[C@@H](c4ccc5c(c4)OCO5)Oc4ccccc4[C@@H]3C2)cc1. The van der Waals surface area contributed by atoms with Gasteiger partial charge in [-0.15, -0.1) is 0 Å². The average molecular weight is 384 g/mol. The van der Waals surface area contributed by atoms with E-state index < -0.39 is 0 Å². The lowest BCUT2D eigenvalue weighted by atomic mass is 9.95. The van der Waals surface area contributed by atoms with Crippen LogP contribution >= 0.6 is 0 Å². The third kappa shape index (κ3) is 2.65. The number of nitrogens with zero attached hydrogens (tertiary/aromatic N) is 2. The molecular weight excluding hydrogens is 364 g/mol. The maximum atomic E-state index is 6.42. The molecule has 0 unspecified atom stereocenters. The topological polar surface area (TPSA) is 43.3 Å². The Morgan fingerprint density at radius 2 is 1.72 bits per heavy atom. The Morgan fingerprint density at radius 3 is 2.62 bits per heavy atom. The first-order chi connectivity index (χ1) is 14.3. The quantitative estimate of drug-likeness (QED) is 0.626. The molecule has 6 rings (SSSR count). The molecule has 5 heteroatoms. The summed E-state index contributed by atoms with van der Waals surface area (Å²) in [7, 11) is 0. The number of rotatable bonds is 2. The van der Waals surface area contributed by atoms with Crippen molar-refractivity contribution < 1.29 is 14.2 Å². The standard InChI is InChI=1S/C24H20N2O3/c1-15-6-8-16(9-7-15)19-13-20-18-4-2-3-5-21(18)29-24(26(20)25-19)17-10-11-22-23(12-17)28-14-27-22/h2-12,20,24H,13-14H2,1H3/t20-,24+/m0/s1. The van der Waals surface area contributed by atoms with Crippen LogP contribution in [0.5, 0.6) is 17.2 Å². The van der Waals surface area contributed by atoms with E-state index in [1.807, 2.05) is 30.3 Å². The van der Waals surface area contributed by atoms with Crippen molar-refractivity contribution in [3.05, 3.63) is 89.0 Å². The van der Waals surface area contributed by atoms with Crippen molar-refractivity contribution in [1.29, 1.82) is 0 Å². The Hall–Kier alpha value is -3.47. The van der Waals surface area contributed by atoms with E-state index in [4.69, 9.17) is 19.3 Å². The summed E-state index contributed by atoms with van der Waals surface area (Å²) in [5, 5.41) is 7.11. The van der Waals surface area contributed by atoms with Crippen molar-refractivity contribution in [2.75, 3.05) is 6.79 Å². The first-order valence-electron chi connectivity index (χ1n) is 9.84. The number of ether oxygens (including phenoxy) is 3. The minimum Gasteiger partial charge on any atom is -0.464 e. The minimum atomic E-state index is -0.313. The Morgan fingerprint density at radius 1 is 0.897 bits per heavy atom. The zero-order valence-corrected chi connectivity index (χ0v) is 16.0. The highest BCUT2D eigenvalue weighted by Crippen LogP contribution is 2.48. The van der Waals surface area contributed by atoms with Crippen molar-refractivity contribution in [1.82, 2.24) is 5.01 Å². The molecule has 0 aliphatic carbocycles. The molecule has 0 saturated heterocycles. The van der Waals surface area contributed by atoms with Gasteiger partial charge in [-0.2, -0.15) is 5.10 Å². The van der Waals surface area contributed by atoms with Gasteiger partial charge in [-0.3, -0.25) is 0 Å². The summed E-state index contributed by atoms with van der Waals surface area (Å²) in [6.07, 6.45) is 0.539. The molecule has 0 radical (unpaired) electrons. The predicted octanol–water partition coefficient (Wildman–Crippen LogP) is 4.97. The molecule has 5 nitrogen and oxygen atoms in total. The molecule has 29 heavy (non-hydrogen) atoms. The Bertz CT molecular complexity index is 1120. The second-order valence-corrected chi connectivity index (χ2v) is 7.63. The number of para-hydroxylation sites is 1. The first-order valence-corrected chi connectivity index (χ1v) is 9.84. The van der Waals surface area contributed by atoms with Crippen molar-refractivity contribution >= 4 is 5.71 Å². The number of hydrogen-bond acceptors (Lipinski definition) is 5. The second-order valence-electron chi connectivity index (χ2n) is 7.63. The molecule has 144 valence electrons. The van der Waals surface area contributed by atoms with Crippen molar-refractivity contribution in [3.63, 3.8) is 0 Å². The molecule has 0 N–H and O–H groups in total. The molecule has 2 atom stereocenters. The summed E-state index contributed by atoms with van der Waals surface area (Å²) >= 11 is 0. The first kappa shape index (κ1) is 16.5. The number of benzene rings is 3. The van der Waals surface area contributed by atoms with Crippen LogP contribution < -0.4 is 14.2 Å². The molecule has 0 spiro atoms.